The fraction of sp³-hybridized carbons (Fsp3) is 0.684. The number of carbonyl (C=O) groups excluding carboxylic acids is 1. The van der Waals surface area contributed by atoms with Gasteiger partial charge < -0.3 is 9.64 Å². The fourth-order valence-electron chi connectivity index (χ4n) is 2.32. The smallest absolute Gasteiger partial charge is 0.410 e. The molecule has 5 nitrogen and oxygen atoms in total. The molecule has 0 spiro atoms. The standard InChI is InChI=1S/C19H33N3O2/c1-15(16-11-9-10-12-20-16)21(8)13-14-22(18(2,3)4)17(23)24-19(5,6)7/h9-12,15H,13-14H2,1-8H3/t15-/m0/s1. The van der Waals surface area contributed by atoms with Gasteiger partial charge in [0.05, 0.1) is 5.69 Å². The van der Waals surface area contributed by atoms with Gasteiger partial charge in [-0.15, -0.1) is 0 Å². The van der Waals surface area contributed by atoms with Gasteiger partial charge in [-0.05, 0) is 67.6 Å². The molecule has 24 heavy (non-hydrogen) atoms. The molecule has 1 aromatic heterocycles. The summed E-state index contributed by atoms with van der Waals surface area (Å²) in [5.74, 6) is 0. The first-order valence-corrected chi connectivity index (χ1v) is 8.53. The van der Waals surface area contributed by atoms with E-state index in [0.29, 0.717) is 6.54 Å². The first-order chi connectivity index (χ1) is 10.9. The number of ether oxygens (including phenoxy) is 1. The first-order valence-electron chi connectivity index (χ1n) is 8.53. The highest BCUT2D eigenvalue weighted by Gasteiger charge is 2.30. The molecule has 0 saturated carbocycles. The van der Waals surface area contributed by atoms with Crippen LogP contribution in [0.5, 0.6) is 0 Å². The molecule has 1 amide bonds. The third-order valence-electron chi connectivity index (χ3n) is 3.88. The van der Waals surface area contributed by atoms with Crippen molar-refractivity contribution in [2.24, 2.45) is 0 Å². The normalized spacial score (nSPS) is 13.7. The van der Waals surface area contributed by atoms with Crippen molar-refractivity contribution in [1.29, 1.82) is 0 Å². The number of carbonyl (C=O) groups is 1. The summed E-state index contributed by atoms with van der Waals surface area (Å²) in [6.07, 6.45) is 1.54. The number of amides is 1. The van der Waals surface area contributed by atoms with E-state index in [1.165, 1.54) is 0 Å². The molecule has 0 radical (unpaired) electrons. The van der Waals surface area contributed by atoms with Crippen molar-refractivity contribution in [3.63, 3.8) is 0 Å². The monoisotopic (exact) mass is 335 g/mol. The third-order valence-corrected chi connectivity index (χ3v) is 3.88. The summed E-state index contributed by atoms with van der Waals surface area (Å²) >= 11 is 0. The summed E-state index contributed by atoms with van der Waals surface area (Å²) in [4.78, 5) is 20.9. The predicted octanol–water partition coefficient (Wildman–Crippen LogP) is 4.11. The summed E-state index contributed by atoms with van der Waals surface area (Å²) in [7, 11) is 2.05. The van der Waals surface area contributed by atoms with E-state index in [1.54, 1.807) is 4.90 Å². The number of aromatic nitrogens is 1. The molecule has 5 heteroatoms. The Bertz CT molecular complexity index is 518. The Morgan fingerprint density at radius 1 is 1.17 bits per heavy atom. The highest BCUT2D eigenvalue weighted by molar-refractivity contribution is 5.69. The van der Waals surface area contributed by atoms with Gasteiger partial charge in [0.2, 0.25) is 0 Å². The van der Waals surface area contributed by atoms with Gasteiger partial charge in [0.25, 0.3) is 0 Å². The Labute approximate surface area is 147 Å². The van der Waals surface area contributed by atoms with Gasteiger partial charge in [-0.25, -0.2) is 4.79 Å². The molecule has 0 bridgehead atoms. The molecule has 0 aliphatic heterocycles. The number of pyridine rings is 1. The third kappa shape index (κ3) is 6.48. The molecule has 1 heterocycles. The maximum absolute atomic E-state index is 12.5. The minimum Gasteiger partial charge on any atom is -0.444 e. The Hall–Kier alpha value is -1.62. The van der Waals surface area contributed by atoms with Gasteiger partial charge >= 0.3 is 6.09 Å². The molecular formula is C19H33N3O2. The van der Waals surface area contributed by atoms with Crippen LogP contribution < -0.4 is 0 Å². The van der Waals surface area contributed by atoms with Crippen LogP contribution in [0, 0.1) is 0 Å². The van der Waals surface area contributed by atoms with Crippen LogP contribution in [-0.4, -0.2) is 52.2 Å². The number of nitrogens with zero attached hydrogens (tertiary/aromatic N) is 3. The number of rotatable bonds is 5. The summed E-state index contributed by atoms with van der Waals surface area (Å²) in [6, 6.07) is 6.12. The average Bonchev–Trinajstić information content (AvgIpc) is 2.44. The first kappa shape index (κ1) is 20.4. The van der Waals surface area contributed by atoms with Crippen LogP contribution >= 0.6 is 0 Å². The zero-order valence-electron chi connectivity index (χ0n) is 16.5. The Morgan fingerprint density at radius 3 is 2.25 bits per heavy atom. The van der Waals surface area contributed by atoms with Crippen LogP contribution in [-0.2, 0) is 4.74 Å². The minimum absolute atomic E-state index is 0.187. The fourth-order valence-corrected chi connectivity index (χ4v) is 2.32. The van der Waals surface area contributed by atoms with Crippen LogP contribution in [0.15, 0.2) is 24.4 Å². The zero-order chi connectivity index (χ0) is 18.5. The Kier molecular flexibility index (Phi) is 6.78. The summed E-state index contributed by atoms with van der Waals surface area (Å²) in [5.41, 5.74) is 0.241. The van der Waals surface area contributed by atoms with Crippen LogP contribution in [0.4, 0.5) is 4.79 Å². The Morgan fingerprint density at radius 2 is 1.79 bits per heavy atom. The molecule has 0 aromatic carbocycles. The SMILES string of the molecule is C[C@@H](c1ccccn1)N(C)CCN(C(=O)OC(C)(C)C)C(C)(C)C. The second-order valence-corrected chi connectivity index (χ2v) is 8.21. The molecule has 136 valence electrons. The minimum atomic E-state index is -0.492. The maximum Gasteiger partial charge on any atom is 0.410 e. The largest absolute Gasteiger partial charge is 0.444 e. The second kappa shape index (κ2) is 7.97. The highest BCUT2D eigenvalue weighted by Crippen LogP contribution is 2.20. The molecule has 0 fully saturated rings. The van der Waals surface area contributed by atoms with Crippen molar-refractivity contribution in [1.82, 2.24) is 14.8 Å². The quantitative estimate of drug-likeness (QED) is 0.812. The second-order valence-electron chi connectivity index (χ2n) is 8.21. The van der Waals surface area contributed by atoms with E-state index in [-0.39, 0.29) is 17.7 Å². The van der Waals surface area contributed by atoms with Crippen LogP contribution in [0.2, 0.25) is 0 Å². The maximum atomic E-state index is 12.5. The number of hydrogen-bond donors (Lipinski definition) is 0. The van der Waals surface area contributed by atoms with E-state index < -0.39 is 5.60 Å². The molecule has 1 aromatic rings. The topological polar surface area (TPSA) is 45.7 Å². The molecular weight excluding hydrogens is 302 g/mol. The lowest BCUT2D eigenvalue weighted by Gasteiger charge is -2.38. The van der Waals surface area contributed by atoms with Crippen LogP contribution in [0.1, 0.15) is 60.2 Å². The summed E-state index contributed by atoms with van der Waals surface area (Å²) in [5, 5.41) is 0. The van der Waals surface area contributed by atoms with Crippen molar-refractivity contribution in [2.45, 2.75) is 65.6 Å². The highest BCUT2D eigenvalue weighted by atomic mass is 16.6. The number of hydrogen-bond acceptors (Lipinski definition) is 4. The molecule has 0 aliphatic carbocycles. The summed E-state index contributed by atoms with van der Waals surface area (Å²) < 4.78 is 5.56. The lowest BCUT2D eigenvalue weighted by atomic mass is 10.1. The van der Waals surface area contributed by atoms with E-state index in [0.717, 1.165) is 12.2 Å². The predicted molar refractivity (Wildman–Crippen MR) is 98.0 cm³/mol. The van der Waals surface area contributed by atoms with Gasteiger partial charge in [-0.3, -0.25) is 9.88 Å². The van der Waals surface area contributed by atoms with Gasteiger partial charge in [0.15, 0.2) is 0 Å². The van der Waals surface area contributed by atoms with E-state index in [2.05, 4.69) is 23.9 Å². The lowest BCUT2D eigenvalue weighted by molar-refractivity contribution is 0.00360. The van der Waals surface area contributed by atoms with Gasteiger partial charge in [-0.1, -0.05) is 6.07 Å². The Balaban J connectivity index is 2.73. The van der Waals surface area contributed by atoms with E-state index in [9.17, 15) is 4.79 Å². The summed E-state index contributed by atoms with van der Waals surface area (Å²) in [6.45, 7) is 15.2. The van der Waals surface area contributed by atoms with Gasteiger partial charge in [0.1, 0.15) is 5.60 Å². The van der Waals surface area contributed by atoms with E-state index in [1.807, 2.05) is 65.9 Å². The van der Waals surface area contributed by atoms with E-state index in [4.69, 9.17) is 4.74 Å². The van der Waals surface area contributed by atoms with Crippen molar-refractivity contribution < 1.29 is 9.53 Å². The van der Waals surface area contributed by atoms with Gasteiger partial charge in [-0.2, -0.15) is 0 Å². The van der Waals surface area contributed by atoms with Crippen molar-refractivity contribution in [3.8, 4) is 0 Å². The van der Waals surface area contributed by atoms with Gasteiger partial charge in [0, 0.05) is 30.9 Å². The van der Waals surface area contributed by atoms with Crippen molar-refractivity contribution in [2.75, 3.05) is 20.1 Å². The lowest BCUT2D eigenvalue weighted by Crippen LogP contribution is -2.50. The zero-order valence-corrected chi connectivity index (χ0v) is 16.5. The number of likely N-dealkylation sites (N-methyl/N-ethyl adjacent to an activating group) is 1. The van der Waals surface area contributed by atoms with Crippen molar-refractivity contribution in [3.05, 3.63) is 30.1 Å². The van der Waals surface area contributed by atoms with Crippen LogP contribution in [0.25, 0.3) is 0 Å². The molecule has 0 unspecified atom stereocenters. The molecule has 0 aliphatic rings. The van der Waals surface area contributed by atoms with E-state index >= 15 is 0 Å². The molecule has 0 saturated heterocycles. The molecule has 1 rings (SSSR count). The molecule has 1 atom stereocenters. The van der Waals surface area contributed by atoms with Crippen molar-refractivity contribution >= 4 is 6.09 Å². The average molecular weight is 335 g/mol. The van der Waals surface area contributed by atoms with Crippen LogP contribution in [0.3, 0.4) is 0 Å². The molecule has 0 N–H and O–H groups in total.